The number of hydrogen-bond donors (Lipinski definition) is 1. The molecule has 0 saturated heterocycles. The Labute approximate surface area is 121 Å². The van der Waals surface area contributed by atoms with Gasteiger partial charge in [-0.25, -0.2) is 0 Å². The van der Waals surface area contributed by atoms with Gasteiger partial charge in [0.2, 0.25) is 0 Å². The number of phenolic OH excluding ortho intramolecular Hbond substituents is 1. The number of benzene rings is 1. The predicted octanol–water partition coefficient (Wildman–Crippen LogP) is 4.01. The van der Waals surface area contributed by atoms with E-state index in [0.717, 1.165) is 12.8 Å². The first kappa shape index (κ1) is 14.9. The first-order chi connectivity index (χ1) is 9.49. The number of hydrogen-bond acceptors (Lipinski definition) is 3. The number of rotatable bonds is 3. The Morgan fingerprint density at radius 2 is 2.00 bits per heavy atom. The molecule has 0 amide bonds. The summed E-state index contributed by atoms with van der Waals surface area (Å²) >= 11 is 0. The zero-order chi connectivity index (χ0) is 14.7. The average Bonchev–Trinajstić information content (AvgIpc) is 2.40. The van der Waals surface area contributed by atoms with E-state index in [0.29, 0.717) is 17.8 Å². The fourth-order valence-electron chi connectivity index (χ4n) is 3.20. The first-order valence-electron chi connectivity index (χ1n) is 7.48. The van der Waals surface area contributed by atoms with E-state index in [4.69, 9.17) is 4.74 Å². The van der Waals surface area contributed by atoms with Gasteiger partial charge in [-0.1, -0.05) is 39.3 Å². The number of carbonyl (C=O) groups excluding carboxylic acids is 1. The Bertz CT molecular complexity index is 467. The molecule has 1 aromatic rings. The molecule has 0 bridgehead atoms. The molecule has 1 aliphatic rings. The molecule has 0 aromatic heterocycles. The molecule has 20 heavy (non-hydrogen) atoms. The zero-order valence-electron chi connectivity index (χ0n) is 12.5. The quantitative estimate of drug-likeness (QED) is 0.670. The lowest BCUT2D eigenvalue weighted by molar-refractivity contribution is -0.143. The van der Waals surface area contributed by atoms with Gasteiger partial charge in [0.05, 0.1) is 5.92 Å². The van der Waals surface area contributed by atoms with E-state index in [9.17, 15) is 9.90 Å². The SMILES string of the molecule is CC1CCC(C(C)C)C(C(=O)Oc2ccccc2O)C1. The van der Waals surface area contributed by atoms with E-state index < -0.39 is 0 Å². The molecule has 1 aliphatic carbocycles. The molecule has 1 N–H and O–H groups in total. The summed E-state index contributed by atoms with van der Waals surface area (Å²) in [6.07, 6.45) is 3.15. The fraction of sp³-hybridized carbons (Fsp3) is 0.588. The molecule has 1 aromatic carbocycles. The Hall–Kier alpha value is -1.51. The largest absolute Gasteiger partial charge is 0.504 e. The molecule has 3 nitrogen and oxygen atoms in total. The molecule has 1 saturated carbocycles. The standard InChI is InChI=1S/C17H24O3/c1-11(2)13-9-8-12(3)10-14(13)17(19)20-16-7-5-4-6-15(16)18/h4-7,11-14,18H,8-10H2,1-3H3. The van der Waals surface area contributed by atoms with Crippen LogP contribution in [0.25, 0.3) is 0 Å². The van der Waals surface area contributed by atoms with Gasteiger partial charge in [-0.3, -0.25) is 4.79 Å². The predicted molar refractivity (Wildman–Crippen MR) is 78.6 cm³/mol. The van der Waals surface area contributed by atoms with Crippen LogP contribution in [0.1, 0.15) is 40.0 Å². The highest BCUT2D eigenvalue weighted by Crippen LogP contribution is 2.39. The van der Waals surface area contributed by atoms with Gasteiger partial charge in [0.15, 0.2) is 11.5 Å². The van der Waals surface area contributed by atoms with Gasteiger partial charge in [-0.2, -0.15) is 0 Å². The average molecular weight is 276 g/mol. The van der Waals surface area contributed by atoms with Gasteiger partial charge in [0, 0.05) is 0 Å². The second kappa shape index (κ2) is 6.29. The molecular formula is C17H24O3. The van der Waals surface area contributed by atoms with Gasteiger partial charge in [0.25, 0.3) is 0 Å². The number of aromatic hydroxyl groups is 1. The van der Waals surface area contributed by atoms with Crippen molar-refractivity contribution in [1.82, 2.24) is 0 Å². The van der Waals surface area contributed by atoms with E-state index >= 15 is 0 Å². The number of carbonyl (C=O) groups is 1. The van der Waals surface area contributed by atoms with E-state index in [1.165, 1.54) is 12.5 Å². The summed E-state index contributed by atoms with van der Waals surface area (Å²) < 4.78 is 5.42. The molecule has 0 radical (unpaired) electrons. The topological polar surface area (TPSA) is 46.5 Å². The third-order valence-electron chi connectivity index (χ3n) is 4.40. The van der Waals surface area contributed by atoms with Crippen molar-refractivity contribution >= 4 is 5.97 Å². The van der Waals surface area contributed by atoms with Crippen LogP contribution in [0.4, 0.5) is 0 Å². The third kappa shape index (κ3) is 3.33. The van der Waals surface area contributed by atoms with E-state index in [1.807, 2.05) is 0 Å². The highest BCUT2D eigenvalue weighted by atomic mass is 16.5. The second-order valence-electron chi connectivity index (χ2n) is 6.32. The molecule has 3 heteroatoms. The molecular weight excluding hydrogens is 252 g/mol. The van der Waals surface area contributed by atoms with Gasteiger partial charge >= 0.3 is 5.97 Å². The summed E-state index contributed by atoms with van der Waals surface area (Å²) in [5.41, 5.74) is 0. The molecule has 1 fully saturated rings. The van der Waals surface area contributed by atoms with Crippen LogP contribution >= 0.6 is 0 Å². The van der Waals surface area contributed by atoms with Crippen LogP contribution in [0.15, 0.2) is 24.3 Å². The van der Waals surface area contributed by atoms with Gasteiger partial charge < -0.3 is 9.84 Å². The van der Waals surface area contributed by atoms with Crippen LogP contribution in [0.2, 0.25) is 0 Å². The Balaban J connectivity index is 2.11. The lowest BCUT2D eigenvalue weighted by Crippen LogP contribution is -2.35. The maximum atomic E-state index is 12.4. The van der Waals surface area contributed by atoms with Crippen molar-refractivity contribution in [1.29, 1.82) is 0 Å². The van der Waals surface area contributed by atoms with Crippen molar-refractivity contribution in [2.45, 2.75) is 40.0 Å². The lowest BCUT2D eigenvalue weighted by atomic mass is 9.70. The Kier molecular flexibility index (Phi) is 4.69. The first-order valence-corrected chi connectivity index (χ1v) is 7.48. The van der Waals surface area contributed by atoms with Crippen LogP contribution in [0.5, 0.6) is 11.5 Å². The van der Waals surface area contributed by atoms with Crippen LogP contribution in [-0.2, 0) is 4.79 Å². The minimum atomic E-state index is -0.197. The fourth-order valence-corrected chi connectivity index (χ4v) is 3.20. The molecule has 0 aliphatic heterocycles. The molecule has 3 atom stereocenters. The zero-order valence-corrected chi connectivity index (χ0v) is 12.5. The maximum absolute atomic E-state index is 12.4. The van der Waals surface area contributed by atoms with Crippen LogP contribution in [0.3, 0.4) is 0 Å². The summed E-state index contributed by atoms with van der Waals surface area (Å²) in [7, 11) is 0. The highest BCUT2D eigenvalue weighted by Gasteiger charge is 2.36. The third-order valence-corrected chi connectivity index (χ3v) is 4.40. The smallest absolute Gasteiger partial charge is 0.314 e. The van der Waals surface area contributed by atoms with Crippen molar-refractivity contribution in [3.8, 4) is 11.5 Å². The molecule has 110 valence electrons. The van der Waals surface area contributed by atoms with Gasteiger partial charge in [-0.15, -0.1) is 0 Å². The van der Waals surface area contributed by atoms with Crippen molar-refractivity contribution in [3.63, 3.8) is 0 Å². The van der Waals surface area contributed by atoms with Gasteiger partial charge in [0.1, 0.15) is 0 Å². The number of para-hydroxylation sites is 2. The monoisotopic (exact) mass is 276 g/mol. The van der Waals surface area contributed by atoms with E-state index in [-0.39, 0.29) is 23.4 Å². The summed E-state index contributed by atoms with van der Waals surface area (Å²) in [6.45, 7) is 6.53. The molecule has 3 unspecified atom stereocenters. The molecule has 2 rings (SSSR count). The summed E-state index contributed by atoms with van der Waals surface area (Å²) in [5.74, 6) is 1.44. The lowest BCUT2D eigenvalue weighted by Gasteiger charge is -2.35. The van der Waals surface area contributed by atoms with Crippen molar-refractivity contribution in [3.05, 3.63) is 24.3 Å². The summed E-state index contributed by atoms with van der Waals surface area (Å²) in [6, 6.07) is 6.63. The minimum Gasteiger partial charge on any atom is -0.504 e. The normalized spacial score (nSPS) is 26.5. The van der Waals surface area contributed by atoms with Crippen LogP contribution < -0.4 is 4.74 Å². The number of ether oxygens (including phenoxy) is 1. The van der Waals surface area contributed by atoms with Crippen LogP contribution in [0, 0.1) is 23.7 Å². The summed E-state index contributed by atoms with van der Waals surface area (Å²) in [5, 5.41) is 9.71. The van der Waals surface area contributed by atoms with E-state index in [1.54, 1.807) is 18.2 Å². The van der Waals surface area contributed by atoms with Crippen molar-refractivity contribution < 1.29 is 14.6 Å². The van der Waals surface area contributed by atoms with Crippen molar-refractivity contribution in [2.24, 2.45) is 23.7 Å². The highest BCUT2D eigenvalue weighted by molar-refractivity contribution is 5.76. The Morgan fingerprint density at radius 1 is 1.30 bits per heavy atom. The maximum Gasteiger partial charge on any atom is 0.314 e. The molecule has 0 heterocycles. The van der Waals surface area contributed by atoms with Gasteiger partial charge in [-0.05, 0) is 42.7 Å². The Morgan fingerprint density at radius 3 is 2.65 bits per heavy atom. The van der Waals surface area contributed by atoms with Crippen molar-refractivity contribution in [2.75, 3.05) is 0 Å². The molecule has 0 spiro atoms. The minimum absolute atomic E-state index is 0.0193. The van der Waals surface area contributed by atoms with E-state index in [2.05, 4.69) is 20.8 Å². The van der Waals surface area contributed by atoms with Crippen LogP contribution in [-0.4, -0.2) is 11.1 Å². The second-order valence-corrected chi connectivity index (χ2v) is 6.32. The number of esters is 1. The summed E-state index contributed by atoms with van der Waals surface area (Å²) in [4.78, 5) is 12.4. The number of phenols is 1.